The number of hydrogen-bond donors (Lipinski definition) is 0. The van der Waals surface area contributed by atoms with Crippen molar-refractivity contribution in [2.75, 3.05) is 46.9 Å². The molecule has 1 aromatic rings. The molecule has 0 radical (unpaired) electrons. The molecule has 1 amide bonds. The Kier molecular flexibility index (Phi) is 4.97. The van der Waals surface area contributed by atoms with Gasteiger partial charge in [-0.25, -0.2) is 0 Å². The topological polar surface area (TPSA) is 32.8 Å². The molecule has 2 heterocycles. The highest BCUT2D eigenvalue weighted by atomic mass is 16.5. The number of carbonyl (C=O) groups is 1. The zero-order valence-electron chi connectivity index (χ0n) is 15.5. The summed E-state index contributed by atoms with van der Waals surface area (Å²) in [7, 11) is 4.00. The largest absolute Gasteiger partial charge is 0.384 e. The van der Waals surface area contributed by atoms with E-state index in [1.54, 1.807) is 7.11 Å². The van der Waals surface area contributed by atoms with Gasteiger partial charge in [-0.2, -0.15) is 0 Å². The molecule has 1 atom stereocenters. The van der Waals surface area contributed by atoms with Crippen LogP contribution in [0.25, 0.3) is 0 Å². The standard InChI is InChI=1S/C20H30N2O2/c1-15-9-16(2)11-17(10-15)19(23)22-7-5-20(6-8-22)14-21(3)12-18(20)13-24-4/h9-11,18H,5-8,12-14H2,1-4H3. The number of piperidine rings is 1. The Hall–Kier alpha value is -1.39. The summed E-state index contributed by atoms with van der Waals surface area (Å²) in [6.07, 6.45) is 2.17. The monoisotopic (exact) mass is 330 g/mol. The summed E-state index contributed by atoms with van der Waals surface area (Å²) in [6.45, 7) is 8.90. The molecule has 1 unspecified atom stereocenters. The molecule has 132 valence electrons. The predicted octanol–water partition coefficient (Wildman–Crippen LogP) is 2.73. The highest BCUT2D eigenvalue weighted by Crippen LogP contribution is 2.44. The molecule has 1 aromatic carbocycles. The predicted molar refractivity (Wildman–Crippen MR) is 96.3 cm³/mol. The summed E-state index contributed by atoms with van der Waals surface area (Å²) in [5, 5.41) is 0. The first-order valence-corrected chi connectivity index (χ1v) is 8.98. The van der Waals surface area contributed by atoms with Gasteiger partial charge in [-0.05, 0) is 51.3 Å². The number of ether oxygens (including phenoxy) is 1. The van der Waals surface area contributed by atoms with Gasteiger partial charge in [0.1, 0.15) is 0 Å². The van der Waals surface area contributed by atoms with E-state index in [-0.39, 0.29) is 5.91 Å². The molecule has 0 saturated carbocycles. The molecule has 4 nitrogen and oxygen atoms in total. The minimum absolute atomic E-state index is 0.186. The van der Waals surface area contributed by atoms with Crippen molar-refractivity contribution in [2.45, 2.75) is 26.7 Å². The molecule has 0 aliphatic carbocycles. The molecule has 24 heavy (non-hydrogen) atoms. The lowest BCUT2D eigenvalue weighted by molar-refractivity contribution is 0.0325. The van der Waals surface area contributed by atoms with Crippen LogP contribution in [0.5, 0.6) is 0 Å². The van der Waals surface area contributed by atoms with E-state index >= 15 is 0 Å². The minimum Gasteiger partial charge on any atom is -0.384 e. The number of methoxy groups -OCH3 is 1. The minimum atomic E-state index is 0.186. The number of hydrogen-bond acceptors (Lipinski definition) is 3. The molecule has 1 spiro atoms. The molecule has 3 rings (SSSR count). The Morgan fingerprint density at radius 1 is 1.21 bits per heavy atom. The number of aryl methyl sites for hydroxylation is 2. The van der Waals surface area contributed by atoms with Crippen LogP contribution in [0.3, 0.4) is 0 Å². The van der Waals surface area contributed by atoms with Gasteiger partial charge in [-0.15, -0.1) is 0 Å². The second-order valence-electron chi connectivity index (χ2n) is 7.88. The highest BCUT2D eigenvalue weighted by Gasteiger charge is 2.47. The Balaban J connectivity index is 1.69. The first-order chi connectivity index (χ1) is 11.4. The Labute approximate surface area is 145 Å². The molecular formula is C20H30N2O2. The summed E-state index contributed by atoms with van der Waals surface area (Å²) in [5.74, 6) is 0.775. The van der Waals surface area contributed by atoms with Crippen LogP contribution in [0.4, 0.5) is 0 Å². The van der Waals surface area contributed by atoms with Crippen molar-refractivity contribution in [2.24, 2.45) is 11.3 Å². The molecule has 2 aliphatic rings. The number of carbonyl (C=O) groups excluding carboxylic acids is 1. The Morgan fingerprint density at radius 3 is 2.42 bits per heavy atom. The fraction of sp³-hybridized carbons (Fsp3) is 0.650. The average Bonchev–Trinajstić information content (AvgIpc) is 2.82. The first-order valence-electron chi connectivity index (χ1n) is 8.98. The lowest BCUT2D eigenvalue weighted by atomic mass is 9.71. The summed E-state index contributed by atoms with van der Waals surface area (Å²) < 4.78 is 5.46. The maximum Gasteiger partial charge on any atom is 0.253 e. The van der Waals surface area contributed by atoms with Gasteiger partial charge < -0.3 is 14.5 Å². The molecule has 4 heteroatoms. The molecule has 2 saturated heterocycles. The van der Waals surface area contributed by atoms with Crippen LogP contribution in [0.2, 0.25) is 0 Å². The van der Waals surface area contributed by atoms with E-state index in [1.165, 1.54) is 0 Å². The Bertz CT molecular complexity index is 585. The van der Waals surface area contributed by atoms with Gasteiger partial charge in [0, 0.05) is 44.8 Å². The number of benzene rings is 1. The molecule has 0 N–H and O–H groups in total. The van der Waals surface area contributed by atoms with Gasteiger partial charge in [0.05, 0.1) is 6.61 Å². The smallest absolute Gasteiger partial charge is 0.253 e. The average molecular weight is 330 g/mol. The molecular weight excluding hydrogens is 300 g/mol. The first kappa shape index (κ1) is 17.4. The summed E-state index contributed by atoms with van der Waals surface area (Å²) in [5.41, 5.74) is 3.47. The number of amides is 1. The zero-order valence-corrected chi connectivity index (χ0v) is 15.5. The third-order valence-corrected chi connectivity index (χ3v) is 5.87. The van der Waals surface area contributed by atoms with Crippen molar-refractivity contribution in [3.63, 3.8) is 0 Å². The van der Waals surface area contributed by atoms with E-state index in [9.17, 15) is 4.79 Å². The molecule has 0 bridgehead atoms. The molecule has 2 aliphatic heterocycles. The summed E-state index contributed by atoms with van der Waals surface area (Å²) in [6, 6.07) is 6.14. The third kappa shape index (κ3) is 3.35. The van der Waals surface area contributed by atoms with Crippen LogP contribution in [0, 0.1) is 25.2 Å². The van der Waals surface area contributed by atoms with Crippen LogP contribution < -0.4 is 0 Å². The van der Waals surface area contributed by atoms with Gasteiger partial charge in [-0.1, -0.05) is 17.2 Å². The fourth-order valence-corrected chi connectivity index (χ4v) is 4.73. The van der Waals surface area contributed by atoms with Gasteiger partial charge in [-0.3, -0.25) is 4.79 Å². The highest BCUT2D eigenvalue weighted by molar-refractivity contribution is 5.94. The van der Waals surface area contributed by atoms with Crippen molar-refractivity contribution < 1.29 is 9.53 Å². The van der Waals surface area contributed by atoms with Crippen LogP contribution in [0.1, 0.15) is 34.3 Å². The van der Waals surface area contributed by atoms with Crippen molar-refractivity contribution in [3.8, 4) is 0 Å². The fourth-order valence-electron chi connectivity index (χ4n) is 4.73. The van der Waals surface area contributed by atoms with E-state index in [0.717, 1.165) is 62.3 Å². The zero-order chi connectivity index (χ0) is 17.3. The number of likely N-dealkylation sites (tertiary alicyclic amines) is 2. The quantitative estimate of drug-likeness (QED) is 0.854. The van der Waals surface area contributed by atoms with Crippen LogP contribution in [-0.4, -0.2) is 62.7 Å². The van der Waals surface area contributed by atoms with Crippen LogP contribution >= 0.6 is 0 Å². The molecule has 0 aromatic heterocycles. The van der Waals surface area contributed by atoms with E-state index in [0.29, 0.717) is 11.3 Å². The third-order valence-electron chi connectivity index (χ3n) is 5.87. The SMILES string of the molecule is COCC1CN(C)CC12CCN(C(=O)c1cc(C)cc(C)c1)CC2. The van der Waals surface area contributed by atoms with Gasteiger partial charge in [0.15, 0.2) is 0 Å². The van der Waals surface area contributed by atoms with Crippen molar-refractivity contribution in [1.82, 2.24) is 9.80 Å². The van der Waals surface area contributed by atoms with Crippen molar-refractivity contribution in [1.29, 1.82) is 0 Å². The Morgan fingerprint density at radius 2 is 1.83 bits per heavy atom. The van der Waals surface area contributed by atoms with Crippen LogP contribution in [0.15, 0.2) is 18.2 Å². The van der Waals surface area contributed by atoms with E-state index in [4.69, 9.17) is 4.74 Å². The summed E-state index contributed by atoms with van der Waals surface area (Å²) in [4.78, 5) is 17.3. The maximum atomic E-state index is 12.9. The molecule has 2 fully saturated rings. The normalized spacial score (nSPS) is 23.8. The summed E-state index contributed by atoms with van der Waals surface area (Å²) >= 11 is 0. The number of nitrogens with zero attached hydrogens (tertiary/aromatic N) is 2. The van der Waals surface area contributed by atoms with E-state index in [1.807, 2.05) is 17.0 Å². The van der Waals surface area contributed by atoms with Gasteiger partial charge >= 0.3 is 0 Å². The second-order valence-corrected chi connectivity index (χ2v) is 7.88. The van der Waals surface area contributed by atoms with Gasteiger partial charge in [0.25, 0.3) is 5.91 Å². The van der Waals surface area contributed by atoms with E-state index < -0.39 is 0 Å². The number of rotatable bonds is 3. The van der Waals surface area contributed by atoms with E-state index in [2.05, 4.69) is 31.9 Å². The van der Waals surface area contributed by atoms with Crippen LogP contribution in [-0.2, 0) is 4.74 Å². The lowest BCUT2D eigenvalue weighted by Crippen LogP contribution is -2.47. The maximum absolute atomic E-state index is 12.9. The van der Waals surface area contributed by atoms with Crippen molar-refractivity contribution in [3.05, 3.63) is 34.9 Å². The second kappa shape index (κ2) is 6.85. The van der Waals surface area contributed by atoms with Crippen molar-refractivity contribution >= 4 is 5.91 Å². The lowest BCUT2D eigenvalue weighted by Gasteiger charge is -2.42. The van der Waals surface area contributed by atoms with Gasteiger partial charge in [0.2, 0.25) is 0 Å².